The molecular formula is C22H32. The van der Waals surface area contributed by atoms with E-state index in [1.54, 1.807) is 5.57 Å². The summed E-state index contributed by atoms with van der Waals surface area (Å²) in [6.07, 6.45) is 16.9. The van der Waals surface area contributed by atoms with Crippen molar-refractivity contribution < 1.29 is 0 Å². The molecule has 0 heterocycles. The fourth-order valence-electron chi connectivity index (χ4n) is 3.07. The molecule has 1 aliphatic carbocycles. The summed E-state index contributed by atoms with van der Waals surface area (Å²) in [6, 6.07) is 0. The van der Waals surface area contributed by atoms with Gasteiger partial charge < -0.3 is 0 Å². The van der Waals surface area contributed by atoms with Gasteiger partial charge >= 0.3 is 0 Å². The van der Waals surface area contributed by atoms with Crippen LogP contribution in [-0.2, 0) is 0 Å². The highest BCUT2D eigenvalue weighted by atomic mass is 14.3. The summed E-state index contributed by atoms with van der Waals surface area (Å²) < 4.78 is 0. The monoisotopic (exact) mass is 296 g/mol. The van der Waals surface area contributed by atoms with Gasteiger partial charge in [0.15, 0.2) is 0 Å². The van der Waals surface area contributed by atoms with Crippen molar-refractivity contribution in [2.24, 2.45) is 5.41 Å². The van der Waals surface area contributed by atoms with E-state index in [9.17, 15) is 0 Å². The first-order valence-corrected chi connectivity index (χ1v) is 8.29. The Labute approximate surface area is 137 Å². The maximum atomic E-state index is 3.90. The van der Waals surface area contributed by atoms with Gasteiger partial charge in [0, 0.05) is 0 Å². The number of rotatable bonds is 5. The summed E-state index contributed by atoms with van der Waals surface area (Å²) >= 11 is 0. The summed E-state index contributed by atoms with van der Waals surface area (Å²) in [5.41, 5.74) is 6.98. The minimum Gasteiger partial charge on any atom is -0.0961 e. The van der Waals surface area contributed by atoms with Gasteiger partial charge in [0.05, 0.1) is 0 Å². The van der Waals surface area contributed by atoms with Crippen molar-refractivity contribution in [1.82, 2.24) is 0 Å². The molecule has 1 rings (SSSR count). The molecule has 0 aromatic heterocycles. The molecule has 0 aliphatic heterocycles. The molecule has 0 nitrogen and oxygen atoms in total. The lowest BCUT2D eigenvalue weighted by Crippen LogP contribution is -2.19. The average molecular weight is 296 g/mol. The van der Waals surface area contributed by atoms with E-state index in [0.717, 1.165) is 5.57 Å². The number of hydrogen-bond donors (Lipinski definition) is 0. The van der Waals surface area contributed by atoms with Gasteiger partial charge in [-0.2, -0.15) is 0 Å². The van der Waals surface area contributed by atoms with Gasteiger partial charge in [0.2, 0.25) is 0 Å². The Balaban J connectivity index is 2.79. The lowest BCUT2D eigenvalue weighted by atomic mass is 9.72. The third kappa shape index (κ3) is 6.05. The predicted molar refractivity (Wildman–Crippen MR) is 101 cm³/mol. The largest absolute Gasteiger partial charge is 0.0961 e. The summed E-state index contributed by atoms with van der Waals surface area (Å²) in [5, 5.41) is 0. The molecule has 0 amide bonds. The van der Waals surface area contributed by atoms with Crippen LogP contribution in [0.4, 0.5) is 0 Å². The Bertz CT molecular complexity index is 557. The van der Waals surface area contributed by atoms with E-state index in [-0.39, 0.29) is 0 Å². The van der Waals surface area contributed by atoms with E-state index in [1.807, 2.05) is 6.92 Å². The molecule has 1 aliphatic rings. The van der Waals surface area contributed by atoms with Gasteiger partial charge in [-0.05, 0) is 57.9 Å². The van der Waals surface area contributed by atoms with E-state index in [1.165, 1.54) is 36.0 Å². The van der Waals surface area contributed by atoms with Crippen molar-refractivity contribution in [3.63, 3.8) is 0 Å². The Morgan fingerprint density at radius 3 is 2.36 bits per heavy atom. The maximum absolute atomic E-state index is 3.90. The molecule has 0 spiro atoms. The maximum Gasteiger partial charge on any atom is -0.0104 e. The highest BCUT2D eigenvalue weighted by Gasteiger charge is 2.26. The van der Waals surface area contributed by atoms with Crippen molar-refractivity contribution in [3.8, 4) is 0 Å². The molecule has 0 aromatic rings. The van der Waals surface area contributed by atoms with Gasteiger partial charge in [0.25, 0.3) is 0 Å². The fourth-order valence-corrected chi connectivity index (χ4v) is 3.07. The first-order valence-electron chi connectivity index (χ1n) is 8.29. The molecule has 0 unspecified atom stereocenters. The van der Waals surface area contributed by atoms with Crippen LogP contribution < -0.4 is 0 Å². The Morgan fingerprint density at radius 1 is 1.09 bits per heavy atom. The minimum atomic E-state index is 0.315. The molecular weight excluding hydrogens is 264 g/mol. The highest BCUT2D eigenvalue weighted by molar-refractivity contribution is 5.37. The molecule has 0 saturated heterocycles. The topological polar surface area (TPSA) is 0 Å². The van der Waals surface area contributed by atoms with Gasteiger partial charge in [-0.1, -0.05) is 79.2 Å². The number of allylic oxidation sites excluding steroid dienone is 11. The molecule has 0 heteroatoms. The van der Waals surface area contributed by atoms with Crippen molar-refractivity contribution >= 4 is 0 Å². The first kappa shape index (κ1) is 18.5. The van der Waals surface area contributed by atoms with E-state index >= 15 is 0 Å². The standard InChI is InChI=1S/C22H32/c1-17(2)16-19(4)11-8-10-18(3)13-14-21-20(5)12-9-15-22(21,6)7/h8,10-11,13-14,16H,1,9,12,15H2,2-7H3/b11-8+,14-13+,18-10-,19-16+. The summed E-state index contributed by atoms with van der Waals surface area (Å²) in [6.45, 7) is 17.2. The van der Waals surface area contributed by atoms with Crippen molar-refractivity contribution in [2.75, 3.05) is 0 Å². The molecule has 22 heavy (non-hydrogen) atoms. The molecule has 0 radical (unpaired) electrons. The smallest absolute Gasteiger partial charge is 0.0104 e. The van der Waals surface area contributed by atoms with Crippen LogP contribution >= 0.6 is 0 Å². The summed E-state index contributed by atoms with van der Waals surface area (Å²) in [4.78, 5) is 0. The SMILES string of the molecule is C=C(C)/C=C(C)/C=C/C=C(C)\C=C\C1=C(C)CCCC1(C)C. The van der Waals surface area contributed by atoms with Crippen LogP contribution in [0.5, 0.6) is 0 Å². The zero-order chi connectivity index (χ0) is 16.8. The zero-order valence-corrected chi connectivity index (χ0v) is 15.3. The highest BCUT2D eigenvalue weighted by Crippen LogP contribution is 2.40. The third-order valence-corrected chi connectivity index (χ3v) is 4.25. The van der Waals surface area contributed by atoms with Crippen LogP contribution in [0.15, 0.2) is 70.9 Å². The lowest BCUT2D eigenvalue weighted by Gasteiger charge is -2.32. The van der Waals surface area contributed by atoms with Crippen molar-refractivity contribution in [2.45, 2.75) is 60.8 Å². The first-order chi connectivity index (χ1) is 10.2. The van der Waals surface area contributed by atoms with Gasteiger partial charge in [-0.15, -0.1) is 0 Å². The second kappa shape index (κ2) is 8.17. The van der Waals surface area contributed by atoms with Crippen LogP contribution in [-0.4, -0.2) is 0 Å². The fraction of sp³-hybridized carbons (Fsp3) is 0.455. The predicted octanol–water partition coefficient (Wildman–Crippen LogP) is 7.09. The van der Waals surface area contributed by atoms with Gasteiger partial charge in [0.1, 0.15) is 0 Å². The van der Waals surface area contributed by atoms with E-state index in [2.05, 4.69) is 77.7 Å². The van der Waals surface area contributed by atoms with Crippen LogP contribution in [0.2, 0.25) is 0 Å². The third-order valence-electron chi connectivity index (χ3n) is 4.25. The second-order valence-corrected chi connectivity index (χ2v) is 7.27. The lowest BCUT2D eigenvalue weighted by molar-refractivity contribution is 0.377. The molecule has 0 bridgehead atoms. The molecule has 0 aromatic carbocycles. The van der Waals surface area contributed by atoms with Crippen molar-refractivity contribution in [1.29, 1.82) is 0 Å². The normalized spacial score (nSPS) is 20.3. The zero-order valence-electron chi connectivity index (χ0n) is 15.3. The van der Waals surface area contributed by atoms with E-state index < -0.39 is 0 Å². The van der Waals surface area contributed by atoms with Gasteiger partial charge in [-0.3, -0.25) is 0 Å². The van der Waals surface area contributed by atoms with Crippen LogP contribution in [0.3, 0.4) is 0 Å². The number of hydrogen-bond acceptors (Lipinski definition) is 0. The van der Waals surface area contributed by atoms with Crippen LogP contribution in [0.25, 0.3) is 0 Å². The molecule has 120 valence electrons. The molecule has 0 atom stereocenters. The molecule has 0 N–H and O–H groups in total. The summed E-state index contributed by atoms with van der Waals surface area (Å²) in [7, 11) is 0. The van der Waals surface area contributed by atoms with E-state index in [4.69, 9.17) is 0 Å². The van der Waals surface area contributed by atoms with Crippen LogP contribution in [0, 0.1) is 5.41 Å². The Morgan fingerprint density at radius 2 is 1.77 bits per heavy atom. The van der Waals surface area contributed by atoms with Crippen molar-refractivity contribution in [3.05, 3.63) is 70.9 Å². The average Bonchev–Trinajstić information content (AvgIpc) is 2.36. The van der Waals surface area contributed by atoms with Gasteiger partial charge in [-0.25, -0.2) is 0 Å². The van der Waals surface area contributed by atoms with E-state index in [0.29, 0.717) is 5.41 Å². The molecule has 0 fully saturated rings. The summed E-state index contributed by atoms with van der Waals surface area (Å²) in [5.74, 6) is 0. The minimum absolute atomic E-state index is 0.315. The van der Waals surface area contributed by atoms with Crippen LogP contribution in [0.1, 0.15) is 60.8 Å². The Hall–Kier alpha value is -1.56. The quantitative estimate of drug-likeness (QED) is 0.475. The Kier molecular flexibility index (Phi) is 6.87. The second-order valence-electron chi connectivity index (χ2n) is 7.27. The molecule has 0 saturated carbocycles.